The van der Waals surface area contributed by atoms with E-state index in [1.807, 2.05) is 79.7 Å². The second kappa shape index (κ2) is 15.3. The van der Waals surface area contributed by atoms with Crippen molar-refractivity contribution in [2.45, 2.75) is 38.2 Å². The molecule has 0 unspecified atom stereocenters. The summed E-state index contributed by atoms with van der Waals surface area (Å²) in [5.74, 6) is -0.305. The van der Waals surface area contributed by atoms with Gasteiger partial charge in [0, 0.05) is 35.6 Å². The molecule has 8 nitrogen and oxygen atoms in total. The Morgan fingerprint density at radius 2 is 1.46 bits per heavy atom. The molecular formula is C44H37ClIN3O5. The summed E-state index contributed by atoms with van der Waals surface area (Å²) in [6.07, 6.45) is 3.31. The van der Waals surface area contributed by atoms with Gasteiger partial charge in [-0.2, -0.15) is 0 Å². The molecule has 0 spiro atoms. The number of urea groups is 1. The molecule has 8 rings (SSSR count). The Hall–Kier alpha value is -5.13. The minimum atomic E-state index is -0.778. The van der Waals surface area contributed by atoms with Crippen LogP contribution >= 0.6 is 34.2 Å². The Morgan fingerprint density at radius 3 is 2.07 bits per heavy atom. The lowest BCUT2D eigenvalue weighted by molar-refractivity contribution is -0.122. The molecule has 1 fully saturated rings. The van der Waals surface area contributed by atoms with Crippen LogP contribution < -0.4 is 24.6 Å². The minimum Gasteiger partial charge on any atom is -0.490 e. The van der Waals surface area contributed by atoms with Gasteiger partial charge in [0.25, 0.3) is 11.8 Å². The topological polar surface area (TPSA) is 88.2 Å². The van der Waals surface area contributed by atoms with E-state index in [-0.39, 0.29) is 24.0 Å². The molecule has 0 radical (unpaired) electrons. The van der Waals surface area contributed by atoms with Gasteiger partial charge in [0.15, 0.2) is 11.5 Å². The average molecular weight is 850 g/mol. The smallest absolute Gasteiger partial charge is 0.335 e. The predicted octanol–water partition coefficient (Wildman–Crippen LogP) is 9.47. The molecule has 5 aromatic carbocycles. The van der Waals surface area contributed by atoms with Gasteiger partial charge in [-0.25, -0.2) is 9.69 Å². The van der Waals surface area contributed by atoms with Gasteiger partial charge in [-0.1, -0.05) is 84.4 Å². The third-order valence-electron chi connectivity index (χ3n) is 10.3. The fourth-order valence-electron chi connectivity index (χ4n) is 7.88. The van der Waals surface area contributed by atoms with E-state index in [2.05, 4.69) is 57.1 Å². The van der Waals surface area contributed by atoms with E-state index in [9.17, 15) is 14.4 Å². The summed E-state index contributed by atoms with van der Waals surface area (Å²) in [6.45, 7) is 4.34. The summed E-state index contributed by atoms with van der Waals surface area (Å²) >= 11 is 8.33. The number of nitrogens with one attached hydrogen (secondary N) is 1. The second-order valence-corrected chi connectivity index (χ2v) is 15.2. The summed E-state index contributed by atoms with van der Waals surface area (Å²) in [6, 6.07) is 34.9. The van der Waals surface area contributed by atoms with Crippen LogP contribution in [-0.2, 0) is 16.2 Å². The number of imide groups is 2. The van der Waals surface area contributed by atoms with Gasteiger partial charge in [0.05, 0.1) is 15.9 Å². The molecule has 0 saturated carbocycles. The monoisotopic (exact) mass is 849 g/mol. The Balaban J connectivity index is 1.19. The van der Waals surface area contributed by atoms with E-state index in [1.54, 1.807) is 12.1 Å². The summed E-state index contributed by atoms with van der Waals surface area (Å²) in [5.41, 5.74) is 7.42. The third-order valence-corrected chi connectivity index (χ3v) is 11.3. The van der Waals surface area contributed by atoms with E-state index in [4.69, 9.17) is 21.1 Å². The lowest BCUT2D eigenvalue weighted by Crippen LogP contribution is -2.54. The number of carbonyl (C=O) groups is 3. The molecule has 3 aliphatic rings. The Bertz CT molecular complexity index is 2220. The van der Waals surface area contributed by atoms with E-state index in [0.717, 1.165) is 51.1 Å². The first kappa shape index (κ1) is 35.9. The zero-order valence-corrected chi connectivity index (χ0v) is 32.5. The first-order valence-electron chi connectivity index (χ1n) is 18.1. The van der Waals surface area contributed by atoms with E-state index < -0.39 is 17.8 Å². The van der Waals surface area contributed by atoms with Crippen LogP contribution in [0.2, 0.25) is 5.02 Å². The number of ether oxygens (including phenoxy) is 2. The third kappa shape index (κ3) is 6.98. The summed E-state index contributed by atoms with van der Waals surface area (Å²) in [7, 11) is 0. The molecule has 4 amide bonds. The second-order valence-electron chi connectivity index (χ2n) is 13.6. The van der Waals surface area contributed by atoms with Crippen molar-refractivity contribution in [3.05, 3.63) is 157 Å². The van der Waals surface area contributed by atoms with Crippen molar-refractivity contribution >= 4 is 69.5 Å². The molecule has 0 aliphatic carbocycles. The molecule has 10 heteroatoms. The largest absolute Gasteiger partial charge is 0.490 e. The fraction of sp³-hybridized carbons (Fsp3) is 0.205. The van der Waals surface area contributed by atoms with E-state index >= 15 is 0 Å². The number of rotatable bonds is 9. The summed E-state index contributed by atoms with van der Waals surface area (Å²) in [5, 5.41) is 3.06. The minimum absolute atomic E-state index is 0.0731. The Labute approximate surface area is 332 Å². The SMILES string of the molecule is CCOc1cc(/C=C2\C(=O)NC(=O)N(c3cc4c5c(c3)[C@H](c3ccccc3)CCN5CC[C@H]4c3ccccc3)C2=O)cc(I)c1OCc1cccc(Cl)c1. The standard InChI is InChI=1S/C44H37ClIN3O5/c1-2-53-39-23-28(22-38(46)41(39)54-26-27-10-9-15-31(45)20-27)21-37-42(50)47-44(52)49(43(37)51)32-24-35-33(29-11-5-3-6-12-29)16-18-48-19-17-34(36(25-32)40(35)48)30-13-7-4-8-14-30/h3-15,20-25,33-34H,2,16-19,26H2,1H3,(H,47,50,52)/b37-21+/t33-,34-/m0/s1. The van der Waals surface area contributed by atoms with Crippen LogP contribution in [0.25, 0.3) is 6.08 Å². The van der Waals surface area contributed by atoms with Crippen molar-refractivity contribution in [1.82, 2.24) is 5.32 Å². The van der Waals surface area contributed by atoms with Gasteiger partial charge < -0.3 is 14.4 Å². The van der Waals surface area contributed by atoms with Crippen LogP contribution in [0, 0.1) is 3.57 Å². The van der Waals surface area contributed by atoms with Crippen LogP contribution in [0.5, 0.6) is 11.5 Å². The predicted molar refractivity (Wildman–Crippen MR) is 220 cm³/mol. The maximum atomic E-state index is 14.4. The molecule has 0 bridgehead atoms. The van der Waals surface area contributed by atoms with Crippen molar-refractivity contribution in [3.8, 4) is 11.5 Å². The van der Waals surface area contributed by atoms with Crippen LogP contribution in [0.4, 0.5) is 16.2 Å². The van der Waals surface area contributed by atoms with Gasteiger partial charge in [-0.15, -0.1) is 0 Å². The lowest BCUT2D eigenvalue weighted by atomic mass is 9.76. The highest BCUT2D eigenvalue weighted by Crippen LogP contribution is 2.50. The van der Waals surface area contributed by atoms with Gasteiger partial charge >= 0.3 is 6.03 Å². The molecule has 3 heterocycles. The number of hydrogen-bond donors (Lipinski definition) is 1. The first-order chi connectivity index (χ1) is 26.3. The lowest BCUT2D eigenvalue weighted by Gasteiger charge is -2.44. The highest BCUT2D eigenvalue weighted by molar-refractivity contribution is 14.1. The number of halogens is 2. The molecule has 1 saturated heterocycles. The maximum Gasteiger partial charge on any atom is 0.335 e. The zero-order valence-electron chi connectivity index (χ0n) is 29.6. The van der Waals surface area contributed by atoms with Gasteiger partial charge in [-0.3, -0.25) is 14.9 Å². The van der Waals surface area contributed by atoms with E-state index in [0.29, 0.717) is 34.4 Å². The first-order valence-corrected chi connectivity index (χ1v) is 19.5. The van der Waals surface area contributed by atoms with Crippen LogP contribution in [-0.4, -0.2) is 37.5 Å². The quantitative estimate of drug-likeness (QED) is 0.0904. The zero-order chi connectivity index (χ0) is 37.3. The van der Waals surface area contributed by atoms with Gasteiger partial charge in [0.1, 0.15) is 12.2 Å². The van der Waals surface area contributed by atoms with Crippen molar-refractivity contribution in [2.75, 3.05) is 29.5 Å². The fourth-order valence-corrected chi connectivity index (χ4v) is 8.88. The number of barbiturate groups is 1. The van der Waals surface area contributed by atoms with Crippen molar-refractivity contribution in [3.63, 3.8) is 0 Å². The number of amides is 4. The molecule has 1 N–H and O–H groups in total. The molecule has 54 heavy (non-hydrogen) atoms. The molecule has 272 valence electrons. The number of benzene rings is 5. The molecule has 3 aliphatic heterocycles. The molecule has 0 aromatic heterocycles. The highest BCUT2D eigenvalue weighted by Gasteiger charge is 2.40. The number of anilines is 2. The van der Waals surface area contributed by atoms with Crippen LogP contribution in [0.3, 0.4) is 0 Å². The van der Waals surface area contributed by atoms with Gasteiger partial charge in [0.2, 0.25) is 0 Å². The molecular weight excluding hydrogens is 813 g/mol. The highest BCUT2D eigenvalue weighted by atomic mass is 127. The van der Waals surface area contributed by atoms with Crippen molar-refractivity contribution in [2.24, 2.45) is 0 Å². The summed E-state index contributed by atoms with van der Waals surface area (Å²) < 4.78 is 12.9. The van der Waals surface area contributed by atoms with Crippen molar-refractivity contribution in [1.29, 1.82) is 0 Å². The Kier molecular flexibility index (Phi) is 10.2. The number of carbonyl (C=O) groups excluding carboxylic acids is 3. The Morgan fingerprint density at radius 1 is 0.815 bits per heavy atom. The van der Waals surface area contributed by atoms with Crippen molar-refractivity contribution < 1.29 is 23.9 Å². The molecule has 2 atom stereocenters. The average Bonchev–Trinajstić information content (AvgIpc) is 3.17. The normalized spacial score (nSPS) is 18.7. The van der Waals surface area contributed by atoms with Crippen LogP contribution in [0.1, 0.15) is 65.0 Å². The number of hydrogen-bond acceptors (Lipinski definition) is 6. The van der Waals surface area contributed by atoms with Gasteiger partial charge in [-0.05, 0) is 118 Å². The number of nitrogens with zero attached hydrogens (tertiary/aromatic N) is 2. The maximum absolute atomic E-state index is 14.4. The summed E-state index contributed by atoms with van der Waals surface area (Å²) in [4.78, 5) is 45.1. The van der Waals surface area contributed by atoms with E-state index in [1.165, 1.54) is 22.9 Å². The van der Waals surface area contributed by atoms with Crippen LogP contribution in [0.15, 0.2) is 115 Å². The molecule has 5 aromatic rings.